The molecule has 4 aromatic rings. The number of aromatic nitrogens is 1. The Bertz CT molecular complexity index is 1220. The third-order valence-electron chi connectivity index (χ3n) is 4.80. The van der Waals surface area contributed by atoms with Crippen molar-refractivity contribution in [3.05, 3.63) is 70.4 Å². The topological polar surface area (TPSA) is 92.0 Å². The Morgan fingerprint density at radius 1 is 1.09 bits per heavy atom. The highest BCUT2D eigenvalue weighted by molar-refractivity contribution is 7.19. The number of anilines is 1. The number of pyridine rings is 1. The van der Waals surface area contributed by atoms with Crippen molar-refractivity contribution in [1.29, 1.82) is 0 Å². The van der Waals surface area contributed by atoms with E-state index >= 15 is 0 Å². The first-order valence-corrected chi connectivity index (χ1v) is 10.6. The predicted octanol–water partition coefficient (Wildman–Crippen LogP) is 5.27. The summed E-state index contributed by atoms with van der Waals surface area (Å²) < 4.78 is 6.93. The molecule has 0 atom stereocenters. The van der Waals surface area contributed by atoms with Crippen LogP contribution in [0, 0.1) is 6.92 Å². The van der Waals surface area contributed by atoms with Gasteiger partial charge >= 0.3 is 0 Å². The van der Waals surface area contributed by atoms with E-state index in [1.165, 1.54) is 25.6 Å². The maximum absolute atomic E-state index is 12.6. The van der Waals surface area contributed by atoms with Crippen molar-refractivity contribution in [3.8, 4) is 11.1 Å². The summed E-state index contributed by atoms with van der Waals surface area (Å²) in [6.07, 6.45) is 1.69. The van der Waals surface area contributed by atoms with Crippen LogP contribution in [0.1, 0.15) is 26.6 Å². The molecule has 0 saturated heterocycles. The number of hydrogen-bond donors (Lipinski definition) is 1. The Kier molecular flexibility index (Phi) is 6.93. The number of hydrogen-bond acceptors (Lipinski definition) is 8. The smallest absolute Gasteiger partial charge is 0.257 e. The lowest BCUT2D eigenvalue weighted by Gasteiger charge is -2.08. The molecule has 0 aliphatic rings. The number of rotatable bonds is 9. The second-order valence-electron chi connectivity index (χ2n) is 6.87. The standard InChI is InChI=1S/C23H22N2O6S/c1-14-6-4-5-7-17(14)23(26)25-20-9-8-15(11-24-20)21-19(13-30-28-3)31-18-10-16(12-29-27-2)32-22(18)21/h4-11H,12-13H2,1-3H3,(H,24,25,26). The predicted molar refractivity (Wildman–Crippen MR) is 120 cm³/mol. The van der Waals surface area contributed by atoms with Crippen LogP contribution in [-0.4, -0.2) is 25.1 Å². The lowest BCUT2D eigenvalue weighted by molar-refractivity contribution is -0.284. The highest BCUT2D eigenvalue weighted by Crippen LogP contribution is 2.40. The minimum atomic E-state index is -0.204. The van der Waals surface area contributed by atoms with Crippen LogP contribution >= 0.6 is 11.3 Å². The first-order valence-electron chi connectivity index (χ1n) is 9.79. The number of nitrogens with zero attached hydrogens (tertiary/aromatic N) is 1. The summed E-state index contributed by atoms with van der Waals surface area (Å²) in [6.45, 7) is 2.35. The van der Waals surface area contributed by atoms with E-state index in [-0.39, 0.29) is 12.5 Å². The van der Waals surface area contributed by atoms with Gasteiger partial charge in [-0.25, -0.2) is 24.5 Å². The molecular weight excluding hydrogens is 432 g/mol. The Balaban J connectivity index is 1.61. The van der Waals surface area contributed by atoms with Gasteiger partial charge in [0, 0.05) is 27.8 Å². The molecule has 8 nitrogen and oxygen atoms in total. The third-order valence-corrected chi connectivity index (χ3v) is 5.91. The summed E-state index contributed by atoms with van der Waals surface area (Å²) in [5.41, 5.74) is 3.91. The molecule has 3 heterocycles. The van der Waals surface area contributed by atoms with Gasteiger partial charge in [0.1, 0.15) is 30.4 Å². The average Bonchev–Trinajstić information content (AvgIpc) is 3.34. The second kappa shape index (κ2) is 10.0. The van der Waals surface area contributed by atoms with E-state index in [4.69, 9.17) is 19.1 Å². The van der Waals surface area contributed by atoms with Crippen LogP contribution in [0.4, 0.5) is 5.82 Å². The van der Waals surface area contributed by atoms with Crippen molar-refractivity contribution in [2.75, 3.05) is 19.5 Å². The number of thiophene rings is 1. The average molecular weight is 455 g/mol. The van der Waals surface area contributed by atoms with E-state index in [1.807, 2.05) is 37.3 Å². The summed E-state index contributed by atoms with van der Waals surface area (Å²) in [5, 5.41) is 2.84. The number of nitrogens with one attached hydrogen (secondary N) is 1. The number of amides is 1. The van der Waals surface area contributed by atoms with Crippen LogP contribution in [0.15, 0.2) is 53.1 Å². The van der Waals surface area contributed by atoms with Crippen molar-refractivity contribution < 1.29 is 28.8 Å². The minimum absolute atomic E-state index is 0.142. The third kappa shape index (κ3) is 4.72. The molecule has 0 bridgehead atoms. The van der Waals surface area contributed by atoms with Crippen molar-refractivity contribution in [1.82, 2.24) is 4.98 Å². The zero-order chi connectivity index (χ0) is 22.5. The van der Waals surface area contributed by atoms with Gasteiger partial charge in [-0.1, -0.05) is 18.2 Å². The second-order valence-corrected chi connectivity index (χ2v) is 8.00. The molecule has 166 valence electrons. The number of carbonyl (C=O) groups excluding carboxylic acids is 1. The van der Waals surface area contributed by atoms with E-state index in [0.29, 0.717) is 29.3 Å². The van der Waals surface area contributed by atoms with Crippen LogP contribution in [0.3, 0.4) is 0 Å². The van der Waals surface area contributed by atoms with Gasteiger partial charge < -0.3 is 9.73 Å². The van der Waals surface area contributed by atoms with E-state index < -0.39 is 0 Å². The quantitative estimate of drug-likeness (QED) is 0.272. The molecule has 3 aromatic heterocycles. The molecular formula is C23H22N2O6S. The first-order chi connectivity index (χ1) is 15.6. The van der Waals surface area contributed by atoms with Crippen molar-refractivity contribution in [2.45, 2.75) is 20.1 Å². The van der Waals surface area contributed by atoms with Crippen molar-refractivity contribution >= 4 is 33.3 Å². The monoisotopic (exact) mass is 454 g/mol. The summed E-state index contributed by atoms with van der Waals surface area (Å²) in [7, 11) is 2.91. The SMILES string of the molecule is COOCc1cc2oc(COOC)c(-c3ccc(NC(=O)c4ccccc4C)nc3)c2s1. The van der Waals surface area contributed by atoms with Crippen LogP contribution in [-0.2, 0) is 32.8 Å². The van der Waals surface area contributed by atoms with Gasteiger partial charge in [0.25, 0.3) is 5.91 Å². The fourth-order valence-corrected chi connectivity index (χ4v) is 4.37. The number of carbonyl (C=O) groups is 1. The van der Waals surface area contributed by atoms with Gasteiger partial charge in [-0.2, -0.15) is 0 Å². The molecule has 0 saturated carbocycles. The Morgan fingerprint density at radius 2 is 1.88 bits per heavy atom. The number of fused-ring (bicyclic) bond motifs is 1. The summed E-state index contributed by atoms with van der Waals surface area (Å²) >= 11 is 1.53. The Hall–Kier alpha value is -3.08. The molecule has 1 aromatic carbocycles. The van der Waals surface area contributed by atoms with Crippen LogP contribution in [0.5, 0.6) is 0 Å². The van der Waals surface area contributed by atoms with E-state index in [1.54, 1.807) is 18.3 Å². The van der Waals surface area contributed by atoms with Crippen LogP contribution < -0.4 is 5.32 Å². The summed E-state index contributed by atoms with van der Waals surface area (Å²) in [6, 6.07) is 13.0. The molecule has 0 fully saturated rings. The van der Waals surface area contributed by atoms with E-state index in [2.05, 4.69) is 15.2 Å². The van der Waals surface area contributed by atoms with Gasteiger partial charge in [0.15, 0.2) is 0 Å². The Labute approximate surface area is 188 Å². The molecule has 1 amide bonds. The Morgan fingerprint density at radius 3 is 2.59 bits per heavy atom. The van der Waals surface area contributed by atoms with Gasteiger partial charge in [0.05, 0.1) is 18.9 Å². The van der Waals surface area contributed by atoms with Crippen molar-refractivity contribution in [2.24, 2.45) is 0 Å². The molecule has 9 heteroatoms. The fraction of sp³-hybridized carbons (Fsp3) is 0.217. The molecule has 0 aliphatic heterocycles. The molecule has 0 radical (unpaired) electrons. The lowest BCUT2D eigenvalue weighted by atomic mass is 10.1. The summed E-state index contributed by atoms with van der Waals surface area (Å²) in [5.74, 6) is 0.867. The molecule has 4 rings (SSSR count). The molecule has 0 unspecified atom stereocenters. The number of furan rings is 1. The van der Waals surface area contributed by atoms with Crippen LogP contribution in [0.2, 0.25) is 0 Å². The maximum Gasteiger partial charge on any atom is 0.257 e. The number of benzene rings is 1. The van der Waals surface area contributed by atoms with E-state index in [0.717, 1.165) is 26.3 Å². The van der Waals surface area contributed by atoms with Gasteiger partial charge in [0.2, 0.25) is 0 Å². The highest BCUT2D eigenvalue weighted by atomic mass is 32.1. The lowest BCUT2D eigenvalue weighted by Crippen LogP contribution is -2.14. The first kappa shape index (κ1) is 22.1. The van der Waals surface area contributed by atoms with Crippen LogP contribution in [0.25, 0.3) is 21.4 Å². The van der Waals surface area contributed by atoms with Crippen molar-refractivity contribution in [3.63, 3.8) is 0 Å². The number of aryl methyl sites for hydroxylation is 1. The molecule has 0 spiro atoms. The van der Waals surface area contributed by atoms with Gasteiger partial charge in [-0.15, -0.1) is 11.3 Å². The zero-order valence-corrected chi connectivity index (χ0v) is 18.7. The van der Waals surface area contributed by atoms with Gasteiger partial charge in [-0.05, 0) is 36.8 Å². The fourth-order valence-electron chi connectivity index (χ4n) is 3.30. The molecule has 0 aliphatic carbocycles. The largest absolute Gasteiger partial charge is 0.457 e. The normalized spacial score (nSPS) is 11.2. The molecule has 1 N–H and O–H groups in total. The molecule has 32 heavy (non-hydrogen) atoms. The minimum Gasteiger partial charge on any atom is -0.457 e. The van der Waals surface area contributed by atoms with Gasteiger partial charge in [-0.3, -0.25) is 4.79 Å². The van der Waals surface area contributed by atoms with E-state index in [9.17, 15) is 4.79 Å². The highest BCUT2D eigenvalue weighted by Gasteiger charge is 2.20. The maximum atomic E-state index is 12.6. The summed E-state index contributed by atoms with van der Waals surface area (Å²) in [4.78, 5) is 37.5. The zero-order valence-electron chi connectivity index (χ0n) is 17.8.